The minimum Gasteiger partial charge on any atom is -0.508 e. The number of nitrogens with zero attached hydrogens (tertiary/aromatic N) is 4. The van der Waals surface area contributed by atoms with Gasteiger partial charge in [0.1, 0.15) is 11.5 Å². The van der Waals surface area contributed by atoms with Crippen LogP contribution in [0, 0.1) is 0 Å². The van der Waals surface area contributed by atoms with Crippen LogP contribution in [0.4, 0.5) is 5.69 Å². The van der Waals surface area contributed by atoms with Crippen molar-refractivity contribution in [3.05, 3.63) is 58.2 Å². The number of benzene rings is 2. The molecule has 0 bridgehead atoms. The van der Waals surface area contributed by atoms with Crippen LogP contribution in [-0.4, -0.2) is 53.4 Å². The molecule has 1 saturated heterocycles. The van der Waals surface area contributed by atoms with Gasteiger partial charge in [0.05, 0.1) is 31.2 Å². The maximum atomic E-state index is 10.3. The summed E-state index contributed by atoms with van der Waals surface area (Å²) in [5.41, 5.74) is 3.51. The molecule has 5 rings (SSSR count). The fourth-order valence-corrected chi connectivity index (χ4v) is 4.40. The molecule has 31 heavy (non-hydrogen) atoms. The molecule has 0 amide bonds. The maximum absolute atomic E-state index is 10.3. The van der Waals surface area contributed by atoms with E-state index in [9.17, 15) is 10.2 Å². The van der Waals surface area contributed by atoms with Crippen LogP contribution in [-0.2, 0) is 4.74 Å². The molecule has 8 heteroatoms. The highest BCUT2D eigenvalue weighted by Gasteiger charge is 2.21. The molecule has 2 aromatic carbocycles. The van der Waals surface area contributed by atoms with E-state index in [1.165, 1.54) is 23.1 Å². The van der Waals surface area contributed by atoms with Gasteiger partial charge in [-0.2, -0.15) is 5.10 Å². The summed E-state index contributed by atoms with van der Waals surface area (Å²) in [6.07, 6.45) is 4.01. The number of phenolic OH excluding ortho intramolecular Hbond substituents is 2. The number of hydrogen-bond acceptors (Lipinski definition) is 7. The van der Waals surface area contributed by atoms with Crippen LogP contribution < -0.4 is 9.70 Å². The zero-order valence-corrected chi connectivity index (χ0v) is 17.8. The minimum absolute atomic E-state index is 0.00888. The highest BCUT2D eigenvalue weighted by Crippen LogP contribution is 2.32. The van der Waals surface area contributed by atoms with Crippen LogP contribution in [0.3, 0.4) is 0 Å². The summed E-state index contributed by atoms with van der Waals surface area (Å²) in [5, 5.41) is 26.6. The van der Waals surface area contributed by atoms with Gasteiger partial charge in [0.15, 0.2) is 0 Å². The minimum atomic E-state index is 0.00888. The lowest BCUT2D eigenvalue weighted by Gasteiger charge is -2.28. The third-order valence-electron chi connectivity index (χ3n) is 5.37. The zero-order valence-electron chi connectivity index (χ0n) is 17.0. The monoisotopic (exact) mass is 436 g/mol. The third kappa shape index (κ3) is 4.50. The van der Waals surface area contributed by atoms with Crippen molar-refractivity contribution in [3.8, 4) is 22.8 Å². The molecule has 0 unspecified atom stereocenters. The van der Waals surface area contributed by atoms with Crippen molar-refractivity contribution in [1.29, 1.82) is 0 Å². The van der Waals surface area contributed by atoms with Gasteiger partial charge in [-0.05, 0) is 42.7 Å². The summed E-state index contributed by atoms with van der Waals surface area (Å²) in [6, 6.07) is 13.3. The Morgan fingerprint density at radius 3 is 2.52 bits per heavy atom. The molecule has 1 aliphatic carbocycles. The topological polar surface area (TPSA) is 82.6 Å². The van der Waals surface area contributed by atoms with Crippen molar-refractivity contribution in [2.24, 2.45) is 10.1 Å². The lowest BCUT2D eigenvalue weighted by Crippen LogP contribution is -2.36. The van der Waals surface area contributed by atoms with Gasteiger partial charge in [-0.1, -0.05) is 12.1 Å². The van der Waals surface area contributed by atoms with Gasteiger partial charge in [-0.15, -0.1) is 11.3 Å². The van der Waals surface area contributed by atoms with Crippen molar-refractivity contribution in [1.82, 2.24) is 4.68 Å². The van der Waals surface area contributed by atoms with Gasteiger partial charge < -0.3 is 19.8 Å². The zero-order chi connectivity index (χ0) is 21.2. The number of rotatable bonds is 5. The third-order valence-corrected chi connectivity index (χ3v) is 6.20. The van der Waals surface area contributed by atoms with Crippen LogP contribution >= 0.6 is 11.3 Å². The van der Waals surface area contributed by atoms with Gasteiger partial charge in [0, 0.05) is 35.8 Å². The van der Waals surface area contributed by atoms with E-state index >= 15 is 0 Å². The van der Waals surface area contributed by atoms with Crippen LogP contribution in [0.5, 0.6) is 11.5 Å². The number of anilines is 1. The molecular formula is C23H24N4O3S. The van der Waals surface area contributed by atoms with Crippen molar-refractivity contribution >= 4 is 23.2 Å². The van der Waals surface area contributed by atoms with Crippen molar-refractivity contribution < 1.29 is 14.9 Å². The Morgan fingerprint density at radius 2 is 1.81 bits per heavy atom. The predicted octanol–water partition coefficient (Wildman–Crippen LogP) is 3.41. The van der Waals surface area contributed by atoms with E-state index in [0.29, 0.717) is 11.6 Å². The summed E-state index contributed by atoms with van der Waals surface area (Å²) in [6.45, 7) is 3.34. The fourth-order valence-electron chi connectivity index (χ4n) is 3.50. The highest BCUT2D eigenvalue weighted by molar-refractivity contribution is 7.07. The molecular weight excluding hydrogens is 412 g/mol. The SMILES string of the molecule is Oc1ccc(-c2csc(=NC3CC3)n2/N=C/c2ccc(N3CCOCC3)cc2)c(O)c1. The largest absolute Gasteiger partial charge is 0.508 e. The molecule has 3 aromatic rings. The number of phenols is 2. The van der Waals surface area contributed by atoms with Crippen LogP contribution in [0.25, 0.3) is 11.3 Å². The quantitative estimate of drug-likeness (QED) is 0.601. The Balaban J connectivity index is 1.46. The lowest BCUT2D eigenvalue weighted by molar-refractivity contribution is 0.122. The summed E-state index contributed by atoms with van der Waals surface area (Å²) in [7, 11) is 0. The summed E-state index contributed by atoms with van der Waals surface area (Å²) >= 11 is 1.50. The molecule has 0 spiro atoms. The van der Waals surface area contributed by atoms with E-state index in [4.69, 9.17) is 14.8 Å². The van der Waals surface area contributed by atoms with E-state index in [-0.39, 0.29) is 11.5 Å². The first-order valence-electron chi connectivity index (χ1n) is 10.4. The van der Waals surface area contributed by atoms with Gasteiger partial charge >= 0.3 is 0 Å². The average Bonchev–Trinajstić information content (AvgIpc) is 3.52. The molecule has 2 N–H and O–H groups in total. The van der Waals surface area contributed by atoms with Gasteiger partial charge in [-0.3, -0.25) is 4.99 Å². The van der Waals surface area contributed by atoms with Crippen LogP contribution in [0.15, 0.2) is 57.9 Å². The van der Waals surface area contributed by atoms with Crippen LogP contribution in [0.2, 0.25) is 0 Å². The first kappa shape index (κ1) is 19.8. The number of aromatic nitrogens is 1. The molecule has 1 saturated carbocycles. The second-order valence-electron chi connectivity index (χ2n) is 7.71. The molecule has 160 valence electrons. The molecule has 2 heterocycles. The maximum Gasteiger partial charge on any atom is 0.206 e. The molecule has 2 aliphatic rings. The van der Waals surface area contributed by atoms with E-state index in [1.54, 1.807) is 16.8 Å². The van der Waals surface area contributed by atoms with E-state index in [2.05, 4.69) is 29.2 Å². The number of ether oxygens (including phenoxy) is 1. The van der Waals surface area contributed by atoms with Gasteiger partial charge in [-0.25, -0.2) is 4.68 Å². The van der Waals surface area contributed by atoms with Crippen molar-refractivity contribution in [2.45, 2.75) is 18.9 Å². The normalized spacial score (nSPS) is 17.5. The van der Waals surface area contributed by atoms with Crippen LogP contribution in [0.1, 0.15) is 18.4 Å². The molecule has 0 radical (unpaired) electrons. The first-order chi connectivity index (χ1) is 15.2. The van der Waals surface area contributed by atoms with E-state index in [1.807, 2.05) is 11.6 Å². The average molecular weight is 437 g/mol. The van der Waals surface area contributed by atoms with Gasteiger partial charge in [0.2, 0.25) is 4.80 Å². The standard InChI is InChI=1S/C23H24N4O3S/c28-19-7-8-20(22(29)13-19)21-15-31-23(25-17-3-4-17)27(21)24-14-16-1-5-18(6-2-16)26-9-11-30-12-10-26/h1-2,5-8,13-15,17,28-29H,3-4,9-12H2/b24-14+,25-23?. The summed E-state index contributed by atoms with van der Waals surface area (Å²) < 4.78 is 7.19. The predicted molar refractivity (Wildman–Crippen MR) is 122 cm³/mol. The van der Waals surface area contributed by atoms with E-state index < -0.39 is 0 Å². The Kier molecular flexibility index (Phi) is 5.48. The lowest BCUT2D eigenvalue weighted by atomic mass is 10.1. The van der Waals surface area contributed by atoms with Crippen molar-refractivity contribution in [2.75, 3.05) is 31.2 Å². The molecule has 2 fully saturated rings. The van der Waals surface area contributed by atoms with Gasteiger partial charge in [0.25, 0.3) is 0 Å². The smallest absolute Gasteiger partial charge is 0.206 e. The Labute approximate surface area is 184 Å². The number of thiazole rings is 1. The fraction of sp³-hybridized carbons (Fsp3) is 0.304. The molecule has 1 aliphatic heterocycles. The molecule has 7 nitrogen and oxygen atoms in total. The second kappa shape index (κ2) is 8.56. The summed E-state index contributed by atoms with van der Waals surface area (Å²) in [5.74, 6) is 0.0318. The molecule has 0 atom stereocenters. The number of morpholine rings is 1. The molecule has 1 aromatic heterocycles. The van der Waals surface area contributed by atoms with E-state index in [0.717, 1.165) is 55.2 Å². The second-order valence-corrected chi connectivity index (χ2v) is 8.55. The summed E-state index contributed by atoms with van der Waals surface area (Å²) in [4.78, 5) is 7.88. The number of hydrogen-bond donors (Lipinski definition) is 2. The Bertz CT molecular complexity index is 1160. The highest BCUT2D eigenvalue weighted by atomic mass is 32.1. The number of aromatic hydroxyl groups is 2. The first-order valence-corrected chi connectivity index (χ1v) is 11.3. The Morgan fingerprint density at radius 1 is 1.03 bits per heavy atom. The Hall–Kier alpha value is -3.10. The van der Waals surface area contributed by atoms with Crippen molar-refractivity contribution in [3.63, 3.8) is 0 Å².